The van der Waals surface area contributed by atoms with Crippen molar-refractivity contribution in [3.63, 3.8) is 0 Å². The minimum absolute atomic E-state index is 0.285. The van der Waals surface area contributed by atoms with Crippen molar-refractivity contribution in [2.24, 2.45) is 0 Å². The van der Waals surface area contributed by atoms with Gasteiger partial charge in [-0.25, -0.2) is 4.98 Å². The van der Waals surface area contributed by atoms with Crippen molar-refractivity contribution in [3.05, 3.63) is 23.9 Å². The molecular weight excluding hydrogens is 238 g/mol. The minimum atomic E-state index is 0.285. The Morgan fingerprint density at radius 2 is 2.26 bits per heavy atom. The molecule has 1 heterocycles. The summed E-state index contributed by atoms with van der Waals surface area (Å²) in [7, 11) is 2.08. The van der Waals surface area contributed by atoms with Crippen LogP contribution in [-0.2, 0) is 11.3 Å². The highest BCUT2D eigenvalue weighted by Crippen LogP contribution is 2.21. The molecule has 106 valence electrons. The summed E-state index contributed by atoms with van der Waals surface area (Å²) < 4.78 is 5.60. The van der Waals surface area contributed by atoms with Crippen LogP contribution in [0.2, 0.25) is 0 Å². The maximum Gasteiger partial charge on any atom is 0.132 e. The molecule has 4 nitrogen and oxygen atoms in total. The summed E-state index contributed by atoms with van der Waals surface area (Å²) in [6.45, 7) is 6.63. The number of anilines is 1. The van der Waals surface area contributed by atoms with Crippen molar-refractivity contribution >= 4 is 5.82 Å². The Kier molecular flexibility index (Phi) is 5.16. The molecule has 1 N–H and O–H groups in total. The molecule has 0 aliphatic heterocycles. The maximum atomic E-state index is 5.60. The van der Waals surface area contributed by atoms with Gasteiger partial charge in [0.25, 0.3) is 0 Å². The van der Waals surface area contributed by atoms with E-state index in [0.29, 0.717) is 0 Å². The van der Waals surface area contributed by atoms with Crippen LogP contribution in [0.1, 0.15) is 32.3 Å². The first-order chi connectivity index (χ1) is 9.16. The van der Waals surface area contributed by atoms with E-state index in [4.69, 9.17) is 4.74 Å². The second-order valence-electron chi connectivity index (χ2n) is 5.48. The predicted octanol–water partition coefficient (Wildman–Crippen LogP) is 2.19. The Morgan fingerprint density at radius 3 is 2.95 bits per heavy atom. The van der Waals surface area contributed by atoms with Gasteiger partial charge in [0.05, 0.1) is 12.7 Å². The fourth-order valence-electron chi connectivity index (χ4n) is 1.98. The third-order valence-electron chi connectivity index (χ3n) is 3.27. The van der Waals surface area contributed by atoms with E-state index >= 15 is 0 Å². The van der Waals surface area contributed by atoms with Gasteiger partial charge in [-0.15, -0.1) is 0 Å². The number of pyridine rings is 1. The molecule has 0 spiro atoms. The van der Waals surface area contributed by atoms with Gasteiger partial charge in [0.15, 0.2) is 0 Å². The molecule has 1 aliphatic carbocycles. The second kappa shape index (κ2) is 6.87. The van der Waals surface area contributed by atoms with Crippen LogP contribution in [0.5, 0.6) is 0 Å². The molecule has 0 saturated heterocycles. The molecule has 1 aromatic heterocycles. The van der Waals surface area contributed by atoms with E-state index in [2.05, 4.69) is 42.2 Å². The molecule has 0 radical (unpaired) electrons. The first-order valence-corrected chi connectivity index (χ1v) is 7.17. The molecule has 0 aromatic carbocycles. The van der Waals surface area contributed by atoms with Gasteiger partial charge in [0.1, 0.15) is 5.82 Å². The van der Waals surface area contributed by atoms with Crippen molar-refractivity contribution < 1.29 is 4.74 Å². The molecule has 0 unspecified atom stereocenters. The van der Waals surface area contributed by atoms with Gasteiger partial charge in [-0.05, 0) is 32.8 Å². The van der Waals surface area contributed by atoms with Crippen LogP contribution in [0.4, 0.5) is 5.82 Å². The SMILES string of the molecule is CC(C)OCCN(C)c1ncccc1CNC1CC1. The van der Waals surface area contributed by atoms with Crippen molar-refractivity contribution in [3.8, 4) is 0 Å². The van der Waals surface area contributed by atoms with Gasteiger partial charge in [0.2, 0.25) is 0 Å². The number of ether oxygens (including phenoxy) is 1. The van der Waals surface area contributed by atoms with Gasteiger partial charge in [-0.2, -0.15) is 0 Å². The number of hydrogen-bond donors (Lipinski definition) is 1. The molecule has 0 bridgehead atoms. The van der Waals surface area contributed by atoms with E-state index in [1.54, 1.807) is 0 Å². The van der Waals surface area contributed by atoms with E-state index in [9.17, 15) is 0 Å². The van der Waals surface area contributed by atoms with Gasteiger partial charge in [-0.3, -0.25) is 0 Å². The molecule has 0 atom stereocenters. The molecule has 1 aliphatic rings. The lowest BCUT2D eigenvalue weighted by atomic mass is 10.2. The standard InChI is InChI=1S/C15H25N3O/c1-12(2)19-10-9-18(3)15-13(5-4-8-16-15)11-17-14-6-7-14/h4-5,8,12,14,17H,6-7,9-11H2,1-3H3. The van der Waals surface area contributed by atoms with E-state index < -0.39 is 0 Å². The summed E-state index contributed by atoms with van der Waals surface area (Å²) in [5, 5.41) is 3.54. The Hall–Kier alpha value is -1.13. The fraction of sp³-hybridized carbons (Fsp3) is 0.667. The number of aromatic nitrogens is 1. The highest BCUT2D eigenvalue weighted by Gasteiger charge is 2.20. The summed E-state index contributed by atoms with van der Waals surface area (Å²) in [5.74, 6) is 1.06. The van der Waals surface area contributed by atoms with E-state index in [0.717, 1.165) is 31.6 Å². The van der Waals surface area contributed by atoms with Crippen LogP contribution in [0.25, 0.3) is 0 Å². The molecule has 19 heavy (non-hydrogen) atoms. The summed E-state index contributed by atoms with van der Waals surface area (Å²) in [6, 6.07) is 4.88. The zero-order valence-corrected chi connectivity index (χ0v) is 12.2. The number of nitrogens with zero attached hydrogens (tertiary/aromatic N) is 2. The van der Waals surface area contributed by atoms with Crippen molar-refractivity contribution in [1.82, 2.24) is 10.3 Å². The quantitative estimate of drug-likeness (QED) is 0.780. The van der Waals surface area contributed by atoms with Gasteiger partial charge >= 0.3 is 0 Å². The van der Waals surface area contributed by atoms with E-state index in [1.807, 2.05) is 12.3 Å². The maximum absolute atomic E-state index is 5.60. The molecule has 1 fully saturated rings. The molecular formula is C15H25N3O. The average Bonchev–Trinajstić information content (AvgIpc) is 3.20. The number of rotatable bonds is 8. The Labute approximate surface area is 116 Å². The highest BCUT2D eigenvalue weighted by molar-refractivity contribution is 5.45. The first kappa shape index (κ1) is 14.3. The van der Waals surface area contributed by atoms with E-state index in [1.165, 1.54) is 18.4 Å². The van der Waals surface area contributed by atoms with Crippen LogP contribution in [0.3, 0.4) is 0 Å². The number of nitrogens with one attached hydrogen (secondary N) is 1. The molecule has 1 aromatic rings. The molecule has 0 amide bonds. The zero-order valence-electron chi connectivity index (χ0n) is 12.2. The van der Waals surface area contributed by atoms with Gasteiger partial charge < -0.3 is 15.0 Å². The first-order valence-electron chi connectivity index (χ1n) is 7.17. The molecule has 2 rings (SSSR count). The average molecular weight is 263 g/mol. The van der Waals surface area contributed by atoms with E-state index in [-0.39, 0.29) is 6.10 Å². The zero-order chi connectivity index (χ0) is 13.7. The molecule has 4 heteroatoms. The monoisotopic (exact) mass is 263 g/mol. The fourth-order valence-corrected chi connectivity index (χ4v) is 1.98. The number of hydrogen-bond acceptors (Lipinski definition) is 4. The highest BCUT2D eigenvalue weighted by atomic mass is 16.5. The lowest BCUT2D eigenvalue weighted by Crippen LogP contribution is -2.27. The lowest BCUT2D eigenvalue weighted by Gasteiger charge is -2.21. The van der Waals surface area contributed by atoms with Gasteiger partial charge in [0, 0.05) is 37.9 Å². The Bertz CT molecular complexity index is 391. The van der Waals surface area contributed by atoms with Crippen LogP contribution in [-0.4, -0.2) is 37.3 Å². The van der Waals surface area contributed by atoms with Crippen LogP contribution >= 0.6 is 0 Å². The Morgan fingerprint density at radius 1 is 1.47 bits per heavy atom. The van der Waals surface area contributed by atoms with Crippen LogP contribution < -0.4 is 10.2 Å². The lowest BCUT2D eigenvalue weighted by molar-refractivity contribution is 0.0845. The Balaban J connectivity index is 1.89. The van der Waals surface area contributed by atoms with Crippen molar-refractivity contribution in [2.45, 2.75) is 45.4 Å². The largest absolute Gasteiger partial charge is 0.377 e. The third kappa shape index (κ3) is 4.80. The summed E-state index contributed by atoms with van der Waals surface area (Å²) in [6.07, 6.45) is 4.77. The molecule has 1 saturated carbocycles. The van der Waals surface area contributed by atoms with Crippen molar-refractivity contribution in [1.29, 1.82) is 0 Å². The van der Waals surface area contributed by atoms with Crippen LogP contribution in [0.15, 0.2) is 18.3 Å². The summed E-state index contributed by atoms with van der Waals surface area (Å²) in [5.41, 5.74) is 1.27. The van der Waals surface area contributed by atoms with Crippen LogP contribution in [0, 0.1) is 0 Å². The predicted molar refractivity (Wildman–Crippen MR) is 78.5 cm³/mol. The smallest absolute Gasteiger partial charge is 0.132 e. The third-order valence-corrected chi connectivity index (χ3v) is 3.27. The van der Waals surface area contributed by atoms with Crippen molar-refractivity contribution in [2.75, 3.05) is 25.1 Å². The summed E-state index contributed by atoms with van der Waals surface area (Å²) >= 11 is 0. The topological polar surface area (TPSA) is 37.4 Å². The normalized spacial score (nSPS) is 14.9. The second-order valence-corrected chi connectivity index (χ2v) is 5.48. The summed E-state index contributed by atoms with van der Waals surface area (Å²) in [4.78, 5) is 6.68. The number of likely N-dealkylation sites (N-methyl/N-ethyl adjacent to an activating group) is 1. The minimum Gasteiger partial charge on any atom is -0.377 e. The van der Waals surface area contributed by atoms with Gasteiger partial charge in [-0.1, -0.05) is 6.07 Å².